The number of aryl methyl sites for hydroxylation is 1. The molecule has 0 atom stereocenters. The average Bonchev–Trinajstić information content (AvgIpc) is 2.85. The van der Waals surface area contributed by atoms with Crippen LogP contribution in [0.2, 0.25) is 0 Å². The van der Waals surface area contributed by atoms with Gasteiger partial charge in [0.1, 0.15) is 0 Å². The van der Waals surface area contributed by atoms with Crippen LogP contribution in [0.1, 0.15) is 20.7 Å². The van der Waals surface area contributed by atoms with E-state index in [4.69, 9.17) is 0 Å². The molecule has 19 heavy (non-hydrogen) atoms. The zero-order chi connectivity index (χ0) is 13.8. The molecule has 0 saturated heterocycles. The van der Waals surface area contributed by atoms with E-state index in [1.807, 2.05) is 0 Å². The van der Waals surface area contributed by atoms with E-state index in [2.05, 4.69) is 15.7 Å². The summed E-state index contributed by atoms with van der Waals surface area (Å²) in [6, 6.07) is 6.73. The number of nitrogens with one attached hydrogen (secondary N) is 2. The first-order chi connectivity index (χ1) is 9.10. The number of aromatic nitrogens is 2. The maximum Gasteiger partial charge on any atom is 0.258 e. The Hall–Kier alpha value is -2.63. The van der Waals surface area contributed by atoms with Gasteiger partial charge >= 0.3 is 0 Å². The van der Waals surface area contributed by atoms with Crippen LogP contribution in [-0.4, -0.2) is 28.6 Å². The highest BCUT2D eigenvalue weighted by Gasteiger charge is 2.09. The van der Waals surface area contributed by atoms with Gasteiger partial charge in [0, 0.05) is 31.5 Å². The van der Waals surface area contributed by atoms with Crippen molar-refractivity contribution in [2.45, 2.75) is 0 Å². The van der Waals surface area contributed by atoms with Crippen molar-refractivity contribution >= 4 is 17.5 Å². The zero-order valence-electron chi connectivity index (χ0n) is 10.7. The second-order valence-electron chi connectivity index (χ2n) is 4.02. The maximum absolute atomic E-state index is 11.9. The first-order valence-corrected chi connectivity index (χ1v) is 5.72. The van der Waals surface area contributed by atoms with Crippen molar-refractivity contribution in [2.24, 2.45) is 7.05 Å². The van der Waals surface area contributed by atoms with Crippen molar-refractivity contribution in [2.75, 3.05) is 12.4 Å². The molecule has 0 aliphatic rings. The molecule has 0 spiro atoms. The summed E-state index contributed by atoms with van der Waals surface area (Å²) in [7, 11) is 3.30. The van der Waals surface area contributed by atoms with Crippen LogP contribution in [0.4, 0.5) is 5.69 Å². The first-order valence-electron chi connectivity index (χ1n) is 5.72. The number of rotatable bonds is 3. The largest absolute Gasteiger partial charge is 0.355 e. The molecule has 1 heterocycles. The van der Waals surface area contributed by atoms with E-state index in [0.29, 0.717) is 16.8 Å². The van der Waals surface area contributed by atoms with Crippen LogP contribution >= 0.6 is 0 Å². The molecule has 2 N–H and O–H groups in total. The van der Waals surface area contributed by atoms with Gasteiger partial charge in [-0.25, -0.2) is 0 Å². The van der Waals surface area contributed by atoms with Gasteiger partial charge in [-0.15, -0.1) is 0 Å². The van der Waals surface area contributed by atoms with Gasteiger partial charge in [0.05, 0.1) is 11.8 Å². The van der Waals surface area contributed by atoms with Crippen LogP contribution < -0.4 is 10.6 Å². The Morgan fingerprint density at radius 2 is 2.00 bits per heavy atom. The minimum absolute atomic E-state index is 0.197. The van der Waals surface area contributed by atoms with Crippen LogP contribution in [0.15, 0.2) is 36.7 Å². The first kappa shape index (κ1) is 12.8. The lowest BCUT2D eigenvalue weighted by atomic mass is 10.2. The number of benzene rings is 1. The Balaban J connectivity index is 2.15. The Bertz CT molecular complexity index is 619. The number of anilines is 1. The fourth-order valence-corrected chi connectivity index (χ4v) is 1.62. The van der Waals surface area contributed by atoms with Gasteiger partial charge in [0.2, 0.25) is 0 Å². The summed E-state index contributed by atoms with van der Waals surface area (Å²) in [5.41, 5.74) is 1.52. The van der Waals surface area contributed by atoms with E-state index < -0.39 is 0 Å². The van der Waals surface area contributed by atoms with Gasteiger partial charge in [-0.1, -0.05) is 6.07 Å². The quantitative estimate of drug-likeness (QED) is 0.863. The van der Waals surface area contributed by atoms with Gasteiger partial charge in [-0.3, -0.25) is 14.3 Å². The van der Waals surface area contributed by atoms with Gasteiger partial charge in [0.25, 0.3) is 11.8 Å². The number of amides is 2. The highest BCUT2D eigenvalue weighted by molar-refractivity contribution is 6.04. The van der Waals surface area contributed by atoms with Crippen LogP contribution in [-0.2, 0) is 7.05 Å². The lowest BCUT2D eigenvalue weighted by Gasteiger charge is -2.05. The van der Waals surface area contributed by atoms with E-state index in [9.17, 15) is 9.59 Å². The molecule has 0 unspecified atom stereocenters. The molecule has 0 fully saturated rings. The third-order valence-corrected chi connectivity index (χ3v) is 2.58. The normalized spacial score (nSPS) is 10.0. The van der Waals surface area contributed by atoms with Crippen molar-refractivity contribution < 1.29 is 9.59 Å². The van der Waals surface area contributed by atoms with Crippen LogP contribution in [0, 0.1) is 0 Å². The Morgan fingerprint density at radius 1 is 1.21 bits per heavy atom. The fourth-order valence-electron chi connectivity index (χ4n) is 1.62. The molecule has 98 valence electrons. The number of carbonyl (C=O) groups is 2. The summed E-state index contributed by atoms with van der Waals surface area (Å²) in [5.74, 6) is -0.459. The van der Waals surface area contributed by atoms with Crippen LogP contribution in [0.3, 0.4) is 0 Å². The molecular formula is C13H14N4O2. The summed E-state index contributed by atoms with van der Waals surface area (Å²) in [4.78, 5) is 23.4. The highest BCUT2D eigenvalue weighted by atomic mass is 16.2. The monoisotopic (exact) mass is 258 g/mol. The van der Waals surface area contributed by atoms with E-state index >= 15 is 0 Å². The Labute approximate surface area is 110 Å². The molecule has 1 aromatic carbocycles. The number of hydrogen-bond acceptors (Lipinski definition) is 3. The highest BCUT2D eigenvalue weighted by Crippen LogP contribution is 2.12. The van der Waals surface area contributed by atoms with Gasteiger partial charge in [-0.2, -0.15) is 5.10 Å². The molecule has 6 heteroatoms. The predicted octanol–water partition coefficient (Wildman–Crippen LogP) is 1.03. The number of hydrogen-bond donors (Lipinski definition) is 2. The summed E-state index contributed by atoms with van der Waals surface area (Å²) in [6.07, 6.45) is 3.11. The second kappa shape index (κ2) is 5.34. The Kier molecular flexibility index (Phi) is 3.61. The second-order valence-corrected chi connectivity index (χ2v) is 4.02. The van der Waals surface area contributed by atoms with Crippen LogP contribution in [0.25, 0.3) is 0 Å². The molecule has 6 nitrogen and oxygen atoms in total. The van der Waals surface area contributed by atoms with E-state index in [-0.39, 0.29) is 11.8 Å². The van der Waals surface area contributed by atoms with E-state index in [0.717, 1.165) is 0 Å². The third-order valence-electron chi connectivity index (χ3n) is 2.58. The summed E-state index contributed by atoms with van der Waals surface area (Å²) >= 11 is 0. The molecular weight excluding hydrogens is 244 g/mol. The zero-order valence-corrected chi connectivity index (χ0v) is 10.7. The molecule has 2 rings (SSSR count). The van der Waals surface area contributed by atoms with Crippen molar-refractivity contribution in [3.8, 4) is 0 Å². The summed E-state index contributed by atoms with van der Waals surface area (Å²) < 4.78 is 1.55. The lowest BCUT2D eigenvalue weighted by molar-refractivity contribution is 0.0961. The van der Waals surface area contributed by atoms with E-state index in [1.54, 1.807) is 49.2 Å². The lowest BCUT2D eigenvalue weighted by Crippen LogP contribution is -2.18. The van der Waals surface area contributed by atoms with E-state index in [1.165, 1.54) is 6.20 Å². The van der Waals surface area contributed by atoms with Crippen molar-refractivity contribution in [3.63, 3.8) is 0 Å². The molecule has 0 aliphatic heterocycles. The maximum atomic E-state index is 11.9. The molecule has 1 aromatic heterocycles. The molecule has 0 saturated carbocycles. The molecule has 0 radical (unpaired) electrons. The molecule has 0 aliphatic carbocycles. The number of carbonyl (C=O) groups excluding carboxylic acids is 2. The van der Waals surface area contributed by atoms with Gasteiger partial charge in [-0.05, 0) is 18.2 Å². The van der Waals surface area contributed by atoms with Crippen LogP contribution in [0.5, 0.6) is 0 Å². The van der Waals surface area contributed by atoms with Gasteiger partial charge in [0.15, 0.2) is 0 Å². The smallest absolute Gasteiger partial charge is 0.258 e. The topological polar surface area (TPSA) is 76.0 Å². The average molecular weight is 258 g/mol. The number of nitrogens with zero attached hydrogens (tertiary/aromatic N) is 2. The summed E-state index contributed by atoms with van der Waals surface area (Å²) in [6.45, 7) is 0. The van der Waals surface area contributed by atoms with Crippen molar-refractivity contribution in [1.82, 2.24) is 15.1 Å². The minimum Gasteiger partial charge on any atom is -0.355 e. The SMILES string of the molecule is CNC(=O)c1cccc(NC(=O)c2cnn(C)c2)c1. The van der Waals surface area contributed by atoms with Gasteiger partial charge < -0.3 is 10.6 Å². The standard InChI is InChI=1S/C13H14N4O2/c1-14-12(18)9-4-3-5-11(6-9)16-13(19)10-7-15-17(2)8-10/h3-8H,1-2H3,(H,14,18)(H,16,19). The van der Waals surface area contributed by atoms with Crippen molar-refractivity contribution in [3.05, 3.63) is 47.8 Å². The molecule has 2 amide bonds. The summed E-state index contributed by atoms with van der Waals surface area (Å²) in [5, 5.41) is 9.18. The third kappa shape index (κ3) is 2.98. The predicted molar refractivity (Wildman–Crippen MR) is 71.0 cm³/mol. The Morgan fingerprint density at radius 3 is 2.63 bits per heavy atom. The van der Waals surface area contributed by atoms with Crippen molar-refractivity contribution in [1.29, 1.82) is 0 Å². The molecule has 0 bridgehead atoms. The minimum atomic E-state index is -0.262. The molecule has 2 aromatic rings. The fraction of sp³-hybridized carbons (Fsp3) is 0.154.